The van der Waals surface area contributed by atoms with E-state index in [1.807, 2.05) is 49.4 Å². The molecule has 0 aliphatic carbocycles. The molecule has 4 nitrogen and oxygen atoms in total. The van der Waals surface area contributed by atoms with E-state index >= 15 is 0 Å². The van der Waals surface area contributed by atoms with Crippen LogP contribution in [0.1, 0.15) is 17.5 Å². The molecule has 0 amide bonds. The van der Waals surface area contributed by atoms with E-state index in [9.17, 15) is 8.42 Å². The highest BCUT2D eigenvalue weighted by atomic mass is 32.2. The van der Waals surface area contributed by atoms with Crippen LogP contribution in [0, 0.1) is 6.92 Å². The lowest BCUT2D eigenvalue weighted by Crippen LogP contribution is -2.46. The topological polar surface area (TPSA) is 46.6 Å². The Bertz CT molecular complexity index is 992. The third-order valence-electron chi connectivity index (χ3n) is 4.86. The molecule has 0 fully saturated rings. The Balaban J connectivity index is 2.52. The molecule has 0 radical (unpaired) electrons. The summed E-state index contributed by atoms with van der Waals surface area (Å²) in [6, 6.07) is 17.7. The second-order valence-corrected chi connectivity index (χ2v) is 22.6. The molecule has 2 aromatic carbocycles. The van der Waals surface area contributed by atoms with Crippen molar-refractivity contribution in [2.75, 3.05) is 0 Å². The van der Waals surface area contributed by atoms with Crippen molar-refractivity contribution < 1.29 is 12.8 Å². The van der Waals surface area contributed by atoms with Gasteiger partial charge < -0.3 is 4.43 Å². The molecule has 1 unspecified atom stereocenters. The Kier molecular flexibility index (Phi) is 8.86. The van der Waals surface area contributed by atoms with Crippen molar-refractivity contribution in [2.45, 2.75) is 76.3 Å². The molecular weight excluding hydrogens is 451 g/mol. The van der Waals surface area contributed by atoms with Gasteiger partial charge in [-0.25, -0.2) is 8.42 Å². The van der Waals surface area contributed by atoms with Crippen LogP contribution in [0.15, 0.2) is 71.6 Å². The summed E-state index contributed by atoms with van der Waals surface area (Å²) in [6.07, 6.45) is -0.0797. The lowest BCUT2D eigenvalue weighted by molar-refractivity contribution is 0.0759. The molecule has 32 heavy (non-hydrogen) atoms. The van der Waals surface area contributed by atoms with Crippen molar-refractivity contribution in [3.63, 3.8) is 0 Å². The van der Waals surface area contributed by atoms with Crippen LogP contribution in [-0.2, 0) is 21.0 Å². The van der Waals surface area contributed by atoms with Crippen LogP contribution in [0.25, 0.3) is 0 Å². The minimum Gasteiger partial charge on any atom is -0.401 e. The van der Waals surface area contributed by atoms with Gasteiger partial charge in [0.25, 0.3) is 0 Å². The first-order valence-electron chi connectivity index (χ1n) is 11.1. The van der Waals surface area contributed by atoms with Crippen molar-refractivity contribution >= 4 is 26.4 Å². The van der Waals surface area contributed by atoms with E-state index in [1.54, 1.807) is 16.4 Å². The fraction of sp³-hybridized carbons (Fsp3) is 0.440. The zero-order valence-corrected chi connectivity index (χ0v) is 23.5. The van der Waals surface area contributed by atoms with E-state index in [2.05, 4.69) is 45.9 Å². The van der Waals surface area contributed by atoms with Crippen molar-refractivity contribution in [2.24, 2.45) is 0 Å². The SMILES string of the molecule is C=C(CC(O[Si](C)(C)C)N(Cc1ccccc1)S(=O)(=O)c1ccc(C)cc1)C[Si](C)(C)C. The third kappa shape index (κ3) is 8.44. The monoisotopic (exact) mass is 489 g/mol. The molecule has 1 atom stereocenters. The first kappa shape index (κ1) is 26.7. The Morgan fingerprint density at radius 1 is 0.969 bits per heavy atom. The first-order chi connectivity index (χ1) is 14.7. The van der Waals surface area contributed by atoms with Gasteiger partial charge in [-0.2, -0.15) is 4.31 Å². The molecule has 0 aliphatic rings. The Morgan fingerprint density at radius 2 is 1.53 bits per heavy atom. The number of benzene rings is 2. The molecule has 0 heterocycles. The van der Waals surface area contributed by atoms with Crippen LogP contribution in [0.2, 0.25) is 45.3 Å². The van der Waals surface area contributed by atoms with E-state index in [1.165, 1.54) is 0 Å². The van der Waals surface area contributed by atoms with Crippen LogP contribution < -0.4 is 0 Å². The summed E-state index contributed by atoms with van der Waals surface area (Å²) >= 11 is 0. The van der Waals surface area contributed by atoms with E-state index in [4.69, 9.17) is 4.43 Å². The van der Waals surface area contributed by atoms with Crippen LogP contribution in [0.3, 0.4) is 0 Å². The predicted octanol–water partition coefficient (Wildman–Crippen LogP) is 6.65. The molecule has 0 bridgehead atoms. The second kappa shape index (κ2) is 10.6. The first-order valence-corrected chi connectivity index (χ1v) is 19.7. The van der Waals surface area contributed by atoms with Gasteiger partial charge in [0.2, 0.25) is 10.0 Å². The largest absolute Gasteiger partial charge is 0.401 e. The average Bonchev–Trinajstić information content (AvgIpc) is 2.64. The number of hydrogen-bond donors (Lipinski definition) is 0. The van der Waals surface area contributed by atoms with Crippen molar-refractivity contribution in [3.8, 4) is 0 Å². The Hall–Kier alpha value is -1.52. The molecule has 0 N–H and O–H groups in total. The van der Waals surface area contributed by atoms with E-state index < -0.39 is 32.6 Å². The van der Waals surface area contributed by atoms with Crippen molar-refractivity contribution in [1.82, 2.24) is 4.31 Å². The normalized spacial score (nSPS) is 13.9. The molecule has 2 rings (SSSR count). The standard InChI is InChI=1S/C25H39NO3SSi2/c1-21-14-16-24(17-15-21)30(27,28)26(19-23-12-10-9-11-13-23)25(29-32(6,7)8)18-22(2)20-31(3,4)5/h9-17,25H,2,18-20H2,1,3-8H3. The summed E-state index contributed by atoms with van der Waals surface area (Å²) in [5.41, 5.74) is 3.02. The summed E-state index contributed by atoms with van der Waals surface area (Å²) in [5.74, 6) is 0. The minimum atomic E-state index is -3.78. The number of nitrogens with zero attached hydrogens (tertiary/aromatic N) is 1. The molecule has 0 saturated carbocycles. The van der Waals surface area contributed by atoms with Crippen molar-refractivity contribution in [1.29, 1.82) is 0 Å². The van der Waals surface area contributed by atoms with Gasteiger partial charge >= 0.3 is 0 Å². The van der Waals surface area contributed by atoms with Crippen LogP contribution in [0.4, 0.5) is 0 Å². The number of aryl methyl sites for hydroxylation is 1. The van der Waals surface area contributed by atoms with Gasteiger partial charge in [-0.05, 0) is 50.3 Å². The average molecular weight is 490 g/mol. The summed E-state index contributed by atoms with van der Waals surface area (Å²) in [7, 11) is -7.21. The van der Waals surface area contributed by atoms with Crippen molar-refractivity contribution in [3.05, 3.63) is 77.9 Å². The zero-order valence-electron chi connectivity index (χ0n) is 20.7. The number of hydrogen-bond acceptors (Lipinski definition) is 3. The fourth-order valence-corrected chi connectivity index (χ4v) is 7.87. The highest BCUT2D eigenvalue weighted by molar-refractivity contribution is 7.89. The molecule has 176 valence electrons. The molecular formula is C25H39NO3SSi2. The summed E-state index contributed by atoms with van der Waals surface area (Å²) in [5, 5.41) is 0. The maximum absolute atomic E-state index is 13.9. The molecule has 7 heteroatoms. The Morgan fingerprint density at radius 3 is 2.03 bits per heavy atom. The molecule has 0 aliphatic heterocycles. The van der Waals surface area contributed by atoms with E-state index in [-0.39, 0.29) is 6.54 Å². The van der Waals surface area contributed by atoms with E-state index in [0.29, 0.717) is 11.3 Å². The molecule has 0 aromatic heterocycles. The Labute approximate surface area is 197 Å². The van der Waals surface area contributed by atoms with Gasteiger partial charge in [0.15, 0.2) is 8.32 Å². The third-order valence-corrected chi connectivity index (χ3v) is 9.25. The lowest BCUT2D eigenvalue weighted by Gasteiger charge is -2.36. The van der Waals surface area contributed by atoms with Gasteiger partial charge in [0, 0.05) is 21.0 Å². The smallest absolute Gasteiger partial charge is 0.245 e. The van der Waals surface area contributed by atoms with E-state index in [0.717, 1.165) is 22.7 Å². The maximum Gasteiger partial charge on any atom is 0.245 e. The van der Waals surface area contributed by atoms with Gasteiger partial charge in [-0.3, -0.25) is 0 Å². The number of sulfonamides is 1. The summed E-state index contributed by atoms with van der Waals surface area (Å²) in [6.45, 7) is 19.7. The highest BCUT2D eigenvalue weighted by Gasteiger charge is 2.36. The van der Waals surface area contributed by atoms with Gasteiger partial charge in [0.1, 0.15) is 6.23 Å². The van der Waals surface area contributed by atoms with Crippen LogP contribution in [0.5, 0.6) is 0 Å². The minimum absolute atomic E-state index is 0.256. The predicted molar refractivity (Wildman–Crippen MR) is 140 cm³/mol. The summed E-state index contributed by atoms with van der Waals surface area (Å²) in [4.78, 5) is 0.291. The van der Waals surface area contributed by atoms with Gasteiger partial charge in [0.05, 0.1) is 4.90 Å². The van der Waals surface area contributed by atoms with Gasteiger partial charge in [-0.15, -0.1) is 0 Å². The highest BCUT2D eigenvalue weighted by Crippen LogP contribution is 2.29. The second-order valence-electron chi connectivity index (χ2n) is 10.7. The van der Waals surface area contributed by atoms with Crippen LogP contribution >= 0.6 is 0 Å². The quantitative estimate of drug-likeness (QED) is 0.202. The van der Waals surface area contributed by atoms with Gasteiger partial charge in [-0.1, -0.05) is 79.8 Å². The molecule has 0 spiro atoms. The molecule has 0 saturated heterocycles. The fourth-order valence-electron chi connectivity index (χ4n) is 3.63. The lowest BCUT2D eigenvalue weighted by atomic mass is 10.2. The zero-order chi connectivity index (χ0) is 24.2. The van der Waals surface area contributed by atoms with Crippen LogP contribution in [-0.4, -0.2) is 35.3 Å². The summed E-state index contributed by atoms with van der Waals surface area (Å²) < 4.78 is 35.8. The number of rotatable bonds is 11. The molecule has 2 aromatic rings. The maximum atomic E-state index is 13.9.